The van der Waals surface area contributed by atoms with E-state index in [9.17, 15) is 9.59 Å². The molecule has 1 saturated carbocycles. The van der Waals surface area contributed by atoms with E-state index in [1.165, 1.54) is 12.8 Å². The average molecular weight is 409 g/mol. The third kappa shape index (κ3) is 7.08. The lowest BCUT2D eigenvalue weighted by Crippen LogP contribution is -2.55. The van der Waals surface area contributed by atoms with Crippen molar-refractivity contribution in [2.45, 2.75) is 70.6 Å². The van der Waals surface area contributed by atoms with Crippen LogP contribution < -0.4 is 5.32 Å². The molecule has 29 heavy (non-hydrogen) atoms. The average Bonchev–Trinajstić information content (AvgIpc) is 3.52. The highest BCUT2D eigenvalue weighted by Gasteiger charge is 2.35. The summed E-state index contributed by atoms with van der Waals surface area (Å²) in [4.78, 5) is 26.3. The molecule has 1 aliphatic heterocycles. The van der Waals surface area contributed by atoms with E-state index >= 15 is 0 Å². The van der Waals surface area contributed by atoms with Gasteiger partial charge in [0.15, 0.2) is 0 Å². The number of hydrogen-bond acceptors (Lipinski definition) is 6. The van der Waals surface area contributed by atoms with Gasteiger partial charge in [0.25, 0.3) is 0 Å². The Morgan fingerprint density at radius 1 is 1.21 bits per heavy atom. The number of amides is 1. The number of piperidine rings is 1. The maximum atomic E-state index is 12.2. The molecule has 7 nitrogen and oxygen atoms in total. The van der Waals surface area contributed by atoms with E-state index in [-0.39, 0.29) is 30.1 Å². The smallest absolute Gasteiger partial charge is 0.333 e. The van der Waals surface area contributed by atoms with Crippen molar-refractivity contribution in [2.75, 3.05) is 39.5 Å². The van der Waals surface area contributed by atoms with Crippen LogP contribution in [0.1, 0.15) is 52.4 Å². The normalized spacial score (nSPS) is 27.9. The van der Waals surface area contributed by atoms with Gasteiger partial charge in [-0.2, -0.15) is 0 Å². The summed E-state index contributed by atoms with van der Waals surface area (Å²) in [5.41, 5.74) is 0.718. The van der Waals surface area contributed by atoms with Crippen LogP contribution in [0.15, 0.2) is 11.6 Å². The molecule has 1 saturated heterocycles. The van der Waals surface area contributed by atoms with Crippen LogP contribution in [0.2, 0.25) is 0 Å². The predicted molar refractivity (Wildman–Crippen MR) is 109 cm³/mol. The summed E-state index contributed by atoms with van der Waals surface area (Å²) >= 11 is 0. The third-order valence-corrected chi connectivity index (χ3v) is 5.90. The van der Waals surface area contributed by atoms with Crippen molar-refractivity contribution in [2.24, 2.45) is 5.92 Å². The van der Waals surface area contributed by atoms with Gasteiger partial charge in [-0.25, -0.2) is 4.79 Å². The first-order valence-corrected chi connectivity index (χ1v) is 11.1. The van der Waals surface area contributed by atoms with Crippen molar-refractivity contribution < 1.29 is 23.8 Å². The Balaban J connectivity index is 1.56. The van der Waals surface area contributed by atoms with Crippen molar-refractivity contribution in [1.29, 1.82) is 0 Å². The second kappa shape index (κ2) is 11.1. The first-order chi connectivity index (χ1) is 14.1. The molecule has 3 aliphatic rings. The fourth-order valence-corrected chi connectivity index (χ4v) is 4.24. The fourth-order valence-electron chi connectivity index (χ4n) is 4.24. The minimum Gasteiger partial charge on any atom is -0.463 e. The Kier molecular flexibility index (Phi) is 8.51. The van der Waals surface area contributed by atoms with Crippen molar-refractivity contribution in [3.63, 3.8) is 0 Å². The van der Waals surface area contributed by atoms with Gasteiger partial charge in [-0.15, -0.1) is 0 Å². The quantitative estimate of drug-likeness (QED) is 0.440. The minimum atomic E-state index is -0.239. The van der Waals surface area contributed by atoms with E-state index < -0.39 is 0 Å². The Morgan fingerprint density at radius 3 is 2.76 bits per heavy atom. The maximum Gasteiger partial charge on any atom is 0.333 e. The highest BCUT2D eigenvalue weighted by molar-refractivity contribution is 5.88. The van der Waals surface area contributed by atoms with Gasteiger partial charge in [0.2, 0.25) is 5.91 Å². The van der Waals surface area contributed by atoms with Crippen molar-refractivity contribution >= 4 is 11.9 Å². The number of nitrogens with zero attached hydrogens (tertiary/aromatic N) is 1. The summed E-state index contributed by atoms with van der Waals surface area (Å²) in [5, 5.41) is 3.07. The number of hydrogen-bond donors (Lipinski definition) is 1. The van der Waals surface area contributed by atoms with Gasteiger partial charge in [-0.3, -0.25) is 9.69 Å². The van der Waals surface area contributed by atoms with Gasteiger partial charge in [0, 0.05) is 37.7 Å². The summed E-state index contributed by atoms with van der Waals surface area (Å²) < 4.78 is 16.9. The first kappa shape index (κ1) is 22.2. The molecule has 0 radical (unpaired) electrons. The van der Waals surface area contributed by atoms with Gasteiger partial charge in [-0.05, 0) is 57.9 Å². The van der Waals surface area contributed by atoms with E-state index in [2.05, 4.69) is 10.2 Å². The Bertz CT molecular complexity index is 590. The molecule has 2 fully saturated rings. The Morgan fingerprint density at radius 2 is 2.03 bits per heavy atom. The van der Waals surface area contributed by atoms with Crippen molar-refractivity contribution in [1.82, 2.24) is 10.2 Å². The number of esters is 1. The molecule has 3 atom stereocenters. The number of carbonyl (C=O) groups excluding carboxylic acids is 2. The van der Waals surface area contributed by atoms with Gasteiger partial charge in [0.1, 0.15) is 0 Å². The molecule has 0 spiro atoms. The summed E-state index contributed by atoms with van der Waals surface area (Å²) in [6.07, 6.45) is 8.21. The number of nitrogens with one attached hydrogen (secondary N) is 1. The van der Waals surface area contributed by atoms with Gasteiger partial charge in [0.05, 0.1) is 25.9 Å². The number of likely N-dealkylation sites (tertiary alicyclic amines) is 1. The van der Waals surface area contributed by atoms with E-state index in [0.717, 1.165) is 50.4 Å². The maximum absolute atomic E-state index is 12.2. The van der Waals surface area contributed by atoms with E-state index in [1.807, 2.05) is 13.0 Å². The standard InChI is InChI=1S/C22H36N2O5/c1-3-28-22(26)18-8-9-20(23-16(2)25)21(13-18)24-10-4-5-19(14-24)29-12-11-27-15-17-6-7-17/h13,17,19-21H,3-12,14-15H2,1-2H3,(H,23,25)/t19-,20+,21+/m0/s1. The molecule has 0 bridgehead atoms. The molecule has 2 aliphatic carbocycles. The predicted octanol–water partition coefficient (Wildman–Crippen LogP) is 2.05. The second-order valence-electron chi connectivity index (χ2n) is 8.40. The van der Waals surface area contributed by atoms with Crippen molar-refractivity contribution in [3.05, 3.63) is 11.6 Å². The zero-order valence-corrected chi connectivity index (χ0v) is 17.9. The molecule has 0 unspecified atom stereocenters. The third-order valence-electron chi connectivity index (χ3n) is 5.90. The van der Waals surface area contributed by atoms with Gasteiger partial charge < -0.3 is 19.5 Å². The number of carbonyl (C=O) groups is 2. The molecule has 0 aromatic heterocycles. The summed E-state index contributed by atoms with van der Waals surface area (Å²) in [6, 6.07) is -0.00382. The van der Waals surface area contributed by atoms with E-state index in [1.54, 1.807) is 6.92 Å². The lowest BCUT2D eigenvalue weighted by Gasteiger charge is -2.42. The highest BCUT2D eigenvalue weighted by Crippen LogP contribution is 2.29. The zero-order valence-electron chi connectivity index (χ0n) is 17.9. The molecule has 164 valence electrons. The van der Waals surface area contributed by atoms with Crippen LogP contribution in [-0.4, -0.2) is 74.5 Å². The molecular weight excluding hydrogens is 372 g/mol. The van der Waals surface area contributed by atoms with Crippen LogP contribution in [0.25, 0.3) is 0 Å². The summed E-state index contributed by atoms with van der Waals surface area (Å²) in [7, 11) is 0. The highest BCUT2D eigenvalue weighted by atomic mass is 16.5. The topological polar surface area (TPSA) is 77.1 Å². The number of ether oxygens (including phenoxy) is 3. The molecule has 7 heteroatoms. The number of rotatable bonds is 10. The molecule has 3 rings (SSSR count). The lowest BCUT2D eigenvalue weighted by molar-refractivity contribution is -0.138. The van der Waals surface area contributed by atoms with Crippen LogP contribution >= 0.6 is 0 Å². The zero-order chi connectivity index (χ0) is 20.6. The van der Waals surface area contributed by atoms with Crippen LogP contribution in [-0.2, 0) is 23.8 Å². The van der Waals surface area contributed by atoms with Crippen LogP contribution in [0.4, 0.5) is 0 Å². The molecule has 0 aromatic rings. The molecule has 1 amide bonds. The van der Waals surface area contributed by atoms with Crippen LogP contribution in [0.3, 0.4) is 0 Å². The summed E-state index contributed by atoms with van der Waals surface area (Å²) in [5.74, 6) is 0.500. The Hall–Kier alpha value is -1.44. The lowest BCUT2D eigenvalue weighted by atomic mass is 9.88. The fraction of sp³-hybridized carbons (Fsp3) is 0.818. The SMILES string of the molecule is CCOC(=O)C1=C[C@@H](N2CCC[C@H](OCCOCC3CC3)C2)[C@H](NC(C)=O)CC1. The summed E-state index contributed by atoms with van der Waals surface area (Å²) in [6.45, 7) is 7.61. The van der Waals surface area contributed by atoms with Crippen LogP contribution in [0.5, 0.6) is 0 Å². The van der Waals surface area contributed by atoms with Crippen molar-refractivity contribution in [3.8, 4) is 0 Å². The van der Waals surface area contributed by atoms with E-state index in [4.69, 9.17) is 14.2 Å². The van der Waals surface area contributed by atoms with E-state index in [0.29, 0.717) is 26.2 Å². The molecular formula is C22H36N2O5. The largest absolute Gasteiger partial charge is 0.463 e. The van der Waals surface area contributed by atoms with Gasteiger partial charge in [-0.1, -0.05) is 6.08 Å². The monoisotopic (exact) mass is 408 g/mol. The second-order valence-corrected chi connectivity index (χ2v) is 8.40. The Labute approximate surface area is 174 Å². The van der Waals surface area contributed by atoms with Gasteiger partial charge >= 0.3 is 5.97 Å². The molecule has 1 heterocycles. The molecule has 0 aromatic carbocycles. The first-order valence-electron chi connectivity index (χ1n) is 11.1. The minimum absolute atomic E-state index is 0.00583. The molecule has 1 N–H and O–H groups in total. The van der Waals surface area contributed by atoms with Crippen LogP contribution in [0, 0.1) is 5.92 Å².